The van der Waals surface area contributed by atoms with Crippen LogP contribution in [0, 0.1) is 29.1 Å². The normalized spacial score (nSPS) is 17.6. The average molecular weight is 694 g/mol. The Morgan fingerprint density at radius 3 is 2.10 bits per heavy atom. The fraction of sp³-hybridized carbons (Fsp3) is 0.194. The highest BCUT2D eigenvalue weighted by Crippen LogP contribution is 2.39. The van der Waals surface area contributed by atoms with Crippen molar-refractivity contribution in [1.82, 2.24) is 15.3 Å². The summed E-state index contributed by atoms with van der Waals surface area (Å²) in [5.41, 5.74) is 3.06. The largest absolute Gasteiger partial charge is 0.392 e. The van der Waals surface area contributed by atoms with Gasteiger partial charge in [0, 0.05) is 36.7 Å². The first-order chi connectivity index (χ1) is 23.7. The number of rotatable bonds is 10. The maximum absolute atomic E-state index is 14.1. The van der Waals surface area contributed by atoms with Crippen LogP contribution in [0.5, 0.6) is 0 Å². The Hall–Kier alpha value is -4.69. The van der Waals surface area contributed by atoms with Gasteiger partial charge in [-0.3, -0.25) is 4.79 Å². The summed E-state index contributed by atoms with van der Waals surface area (Å²) in [6.07, 6.45) is 2.82. The number of amides is 1. The van der Waals surface area contributed by atoms with E-state index in [9.17, 15) is 31.9 Å². The number of benzene rings is 4. The number of nitrogens with zero attached hydrogens (tertiary/aromatic N) is 2. The molecule has 7 nitrogen and oxygen atoms in total. The van der Waals surface area contributed by atoms with Gasteiger partial charge in [0.15, 0.2) is 34.7 Å². The third-order valence-corrected chi connectivity index (χ3v) is 8.90. The van der Waals surface area contributed by atoms with Crippen LogP contribution in [-0.2, 0) is 22.6 Å². The number of aromatic nitrogens is 2. The van der Waals surface area contributed by atoms with E-state index in [4.69, 9.17) is 9.47 Å². The summed E-state index contributed by atoms with van der Waals surface area (Å²) < 4.78 is 81.5. The molecule has 0 aliphatic carbocycles. The highest BCUT2D eigenvalue weighted by molar-refractivity contribution is 7.99. The van der Waals surface area contributed by atoms with Gasteiger partial charge in [-0.2, -0.15) is 0 Å². The van der Waals surface area contributed by atoms with Crippen LogP contribution in [-0.4, -0.2) is 32.8 Å². The van der Waals surface area contributed by atoms with Crippen molar-refractivity contribution in [2.75, 3.05) is 5.75 Å². The number of nitrogens with one attached hydrogen (secondary N) is 1. The molecule has 0 spiro atoms. The van der Waals surface area contributed by atoms with Gasteiger partial charge in [0.25, 0.3) is 5.91 Å². The Kier molecular flexibility index (Phi) is 10.6. The molecular formula is C36H28F5N3O4S. The zero-order valence-corrected chi connectivity index (χ0v) is 26.4. The van der Waals surface area contributed by atoms with Crippen LogP contribution in [0.15, 0.2) is 96.4 Å². The molecule has 2 heterocycles. The van der Waals surface area contributed by atoms with E-state index in [1.54, 1.807) is 36.7 Å². The summed E-state index contributed by atoms with van der Waals surface area (Å²) in [6, 6.07) is 23.7. The number of carbonyl (C=O) groups is 1. The molecule has 0 bridgehead atoms. The lowest BCUT2D eigenvalue weighted by atomic mass is 9.99. The van der Waals surface area contributed by atoms with Gasteiger partial charge in [-0.05, 0) is 39.9 Å². The Labute approximate surface area is 282 Å². The molecule has 6 rings (SSSR count). The van der Waals surface area contributed by atoms with Gasteiger partial charge in [-0.25, -0.2) is 31.9 Å². The van der Waals surface area contributed by atoms with Crippen LogP contribution in [0.1, 0.15) is 51.4 Å². The Bertz CT molecular complexity index is 1910. The summed E-state index contributed by atoms with van der Waals surface area (Å²) in [5.74, 6) is -12.0. The number of ether oxygens (including phenoxy) is 2. The maximum atomic E-state index is 14.1. The van der Waals surface area contributed by atoms with Crippen LogP contribution < -0.4 is 5.32 Å². The molecule has 4 aromatic carbocycles. The first-order valence-corrected chi connectivity index (χ1v) is 16.1. The van der Waals surface area contributed by atoms with Crippen molar-refractivity contribution in [3.05, 3.63) is 148 Å². The summed E-state index contributed by atoms with van der Waals surface area (Å²) in [4.78, 5) is 21.0. The van der Waals surface area contributed by atoms with E-state index < -0.39 is 46.8 Å². The van der Waals surface area contributed by atoms with E-state index in [2.05, 4.69) is 15.3 Å². The fourth-order valence-electron chi connectivity index (χ4n) is 5.32. The predicted molar refractivity (Wildman–Crippen MR) is 170 cm³/mol. The predicted octanol–water partition coefficient (Wildman–Crippen LogP) is 7.60. The Balaban J connectivity index is 1.16. The van der Waals surface area contributed by atoms with Gasteiger partial charge < -0.3 is 19.9 Å². The summed E-state index contributed by atoms with van der Waals surface area (Å²) in [6.45, 7) is -0.293. The highest BCUT2D eigenvalue weighted by Gasteiger charge is 2.33. The van der Waals surface area contributed by atoms with E-state index in [0.717, 1.165) is 27.8 Å². The Morgan fingerprint density at radius 1 is 0.776 bits per heavy atom. The van der Waals surface area contributed by atoms with Crippen molar-refractivity contribution >= 4 is 17.7 Å². The summed E-state index contributed by atoms with van der Waals surface area (Å²) in [5, 5.41) is 12.3. The molecule has 1 fully saturated rings. The molecular weight excluding hydrogens is 665 g/mol. The zero-order chi connectivity index (χ0) is 34.5. The molecule has 49 heavy (non-hydrogen) atoms. The number of hydrogen-bond acceptors (Lipinski definition) is 7. The van der Waals surface area contributed by atoms with Crippen molar-refractivity contribution in [3.8, 4) is 11.1 Å². The minimum Gasteiger partial charge on any atom is -0.392 e. The summed E-state index contributed by atoms with van der Waals surface area (Å²) in [7, 11) is 0. The van der Waals surface area contributed by atoms with Crippen LogP contribution in [0.2, 0.25) is 0 Å². The maximum Gasteiger partial charge on any atom is 0.257 e. The second-order valence-electron chi connectivity index (χ2n) is 11.1. The minimum absolute atomic E-state index is 0.0593. The topological polar surface area (TPSA) is 93.6 Å². The van der Waals surface area contributed by atoms with E-state index in [1.807, 2.05) is 54.6 Å². The third kappa shape index (κ3) is 7.81. The number of hydrogen-bond donors (Lipinski definition) is 2. The van der Waals surface area contributed by atoms with Gasteiger partial charge in [-0.15, -0.1) is 0 Å². The lowest BCUT2D eigenvalue weighted by Gasteiger charge is -2.36. The third-order valence-electron chi connectivity index (χ3n) is 7.89. The molecule has 3 atom stereocenters. The first-order valence-electron chi connectivity index (χ1n) is 15.1. The average Bonchev–Trinajstić information content (AvgIpc) is 3.15. The van der Waals surface area contributed by atoms with Crippen LogP contribution in [0.25, 0.3) is 11.1 Å². The van der Waals surface area contributed by atoms with Gasteiger partial charge in [0.05, 0.1) is 18.8 Å². The number of aliphatic hydroxyl groups excluding tert-OH is 1. The van der Waals surface area contributed by atoms with Gasteiger partial charge in [0.1, 0.15) is 5.56 Å². The standard InChI is InChI=1S/C36H28F5N3O4S/c37-29-28(30(38)32(40)33(41)31(29)39)34(46)44-17-21-3-1-4-25(15-21)22-9-11-24(12-10-22)35-47-26(19-49-36-42-13-2-14-43-36)16-27(48-35)23-7-5-20(18-45)6-8-23/h1-15,26-27,35,45H,16-19H2,(H,44,46). The lowest BCUT2D eigenvalue weighted by molar-refractivity contribution is -0.245. The SMILES string of the molecule is O=C(NCc1cccc(-c2ccc(C3OC(CSc4ncccn4)CC(c4ccc(CO)cc4)O3)cc2)c1)c1c(F)c(F)c(F)c(F)c1F. The van der Waals surface area contributed by atoms with Gasteiger partial charge in [-0.1, -0.05) is 78.5 Å². The van der Waals surface area contributed by atoms with E-state index >= 15 is 0 Å². The zero-order valence-electron chi connectivity index (χ0n) is 25.6. The van der Waals surface area contributed by atoms with Crippen LogP contribution in [0.3, 0.4) is 0 Å². The molecule has 1 aliphatic heterocycles. The van der Waals surface area contributed by atoms with E-state index in [0.29, 0.717) is 22.9 Å². The van der Waals surface area contributed by atoms with Crippen molar-refractivity contribution in [1.29, 1.82) is 0 Å². The van der Waals surface area contributed by atoms with E-state index in [-0.39, 0.29) is 25.4 Å². The first kappa shape index (κ1) is 34.2. The minimum atomic E-state index is -2.34. The smallest absolute Gasteiger partial charge is 0.257 e. The molecule has 5 aromatic rings. The van der Waals surface area contributed by atoms with Crippen LogP contribution >= 0.6 is 11.8 Å². The number of thioether (sulfide) groups is 1. The number of halogens is 5. The molecule has 13 heteroatoms. The molecule has 1 saturated heterocycles. The molecule has 0 saturated carbocycles. The molecule has 2 N–H and O–H groups in total. The lowest BCUT2D eigenvalue weighted by Crippen LogP contribution is -2.31. The monoisotopic (exact) mass is 693 g/mol. The number of carbonyl (C=O) groups excluding carboxylic acids is 1. The van der Waals surface area contributed by atoms with Crippen molar-refractivity contribution in [2.45, 2.75) is 43.2 Å². The fourth-order valence-corrected chi connectivity index (χ4v) is 6.14. The second-order valence-corrected chi connectivity index (χ2v) is 12.1. The molecule has 1 amide bonds. The molecule has 1 aromatic heterocycles. The molecule has 252 valence electrons. The van der Waals surface area contributed by atoms with E-state index in [1.165, 1.54) is 11.8 Å². The summed E-state index contributed by atoms with van der Waals surface area (Å²) >= 11 is 1.49. The van der Waals surface area contributed by atoms with Crippen molar-refractivity contribution in [3.63, 3.8) is 0 Å². The van der Waals surface area contributed by atoms with Crippen molar-refractivity contribution in [2.24, 2.45) is 0 Å². The Morgan fingerprint density at radius 2 is 1.43 bits per heavy atom. The highest BCUT2D eigenvalue weighted by atomic mass is 32.2. The quantitative estimate of drug-likeness (QED) is 0.0512. The van der Waals surface area contributed by atoms with Crippen LogP contribution in [0.4, 0.5) is 22.0 Å². The molecule has 1 aliphatic rings. The van der Waals surface area contributed by atoms with Crippen molar-refractivity contribution < 1.29 is 41.3 Å². The van der Waals surface area contributed by atoms with Gasteiger partial charge >= 0.3 is 0 Å². The molecule has 0 radical (unpaired) electrons. The second kappa shape index (κ2) is 15.2. The number of aliphatic hydroxyl groups is 1. The van der Waals surface area contributed by atoms with Gasteiger partial charge in [0.2, 0.25) is 5.82 Å². The molecule has 3 unspecified atom stereocenters.